The second kappa shape index (κ2) is 31.8. The van der Waals surface area contributed by atoms with Gasteiger partial charge < -0.3 is 0 Å². The first-order valence-electron chi connectivity index (χ1n) is 19.2. The fraction of sp³-hybridized carbons (Fsp3) is 0.318. The Bertz CT molecular complexity index is 1780. The number of azo groups is 2. The van der Waals surface area contributed by atoms with Crippen LogP contribution in [0.3, 0.4) is 0 Å². The summed E-state index contributed by atoms with van der Waals surface area (Å²) < 4.78 is 2.93. The van der Waals surface area contributed by atoms with Crippen LogP contribution in [0.1, 0.15) is 94.5 Å². The van der Waals surface area contributed by atoms with E-state index in [0.717, 1.165) is 11.4 Å². The average Bonchev–Trinajstić information content (AvgIpc) is 3.73. The highest BCUT2D eigenvalue weighted by atomic mass is 16.1. The molecule has 0 spiro atoms. The van der Waals surface area contributed by atoms with Crippen LogP contribution < -0.4 is 11.1 Å². The van der Waals surface area contributed by atoms with Gasteiger partial charge in [0, 0.05) is 0 Å². The lowest BCUT2D eigenvalue weighted by Gasteiger charge is -1.99. The number of aryl methyl sites for hydroxylation is 2. The van der Waals surface area contributed by atoms with Gasteiger partial charge in [0.25, 0.3) is 11.1 Å². The molecule has 0 aliphatic heterocycles. The zero-order valence-electron chi connectivity index (χ0n) is 35.0. The van der Waals surface area contributed by atoms with E-state index in [9.17, 15) is 9.59 Å². The van der Waals surface area contributed by atoms with E-state index in [-0.39, 0.29) is 11.1 Å². The summed E-state index contributed by atoms with van der Waals surface area (Å²) in [7, 11) is 0. The van der Waals surface area contributed by atoms with Crippen molar-refractivity contribution in [1.82, 2.24) is 19.6 Å². The van der Waals surface area contributed by atoms with Crippen molar-refractivity contribution in [1.29, 1.82) is 0 Å². The number of hydrogen-bond acceptors (Lipinski definition) is 6. The van der Waals surface area contributed by atoms with Gasteiger partial charge in [0.15, 0.2) is 11.4 Å². The highest BCUT2D eigenvalue weighted by molar-refractivity contribution is 5.45. The van der Waals surface area contributed by atoms with Gasteiger partial charge in [-0.25, -0.2) is 9.36 Å². The smallest absolute Gasteiger partial charge is 0.293 e. The number of aromatic amines is 2. The number of para-hydroxylation sites is 2. The Morgan fingerprint density at radius 3 is 0.870 bits per heavy atom. The highest BCUT2D eigenvalue weighted by Crippen LogP contribution is 2.19. The Morgan fingerprint density at radius 1 is 0.370 bits per heavy atom. The summed E-state index contributed by atoms with van der Waals surface area (Å²) in [6, 6.07) is 37.4. The molecular weight excluding hydrogens is 673 g/mol. The molecule has 0 aliphatic carbocycles. The zero-order valence-corrected chi connectivity index (χ0v) is 35.0. The van der Waals surface area contributed by atoms with Crippen molar-refractivity contribution in [2.45, 2.75) is 96.9 Å². The van der Waals surface area contributed by atoms with Crippen molar-refractivity contribution in [2.24, 2.45) is 20.5 Å². The van der Waals surface area contributed by atoms with Crippen molar-refractivity contribution >= 4 is 22.7 Å². The molecule has 0 fully saturated rings. The van der Waals surface area contributed by atoms with E-state index in [1.165, 1.54) is 9.36 Å². The maximum atomic E-state index is 12.4. The van der Waals surface area contributed by atoms with Crippen molar-refractivity contribution < 1.29 is 0 Å². The van der Waals surface area contributed by atoms with Crippen LogP contribution in [-0.4, -0.2) is 19.6 Å². The molecule has 0 saturated carbocycles. The Kier molecular flexibility index (Phi) is 29.6. The maximum Gasteiger partial charge on any atom is 0.299 e. The largest absolute Gasteiger partial charge is 0.299 e. The molecule has 6 rings (SSSR count). The van der Waals surface area contributed by atoms with Crippen LogP contribution in [0.4, 0.5) is 22.7 Å². The van der Waals surface area contributed by atoms with Gasteiger partial charge in [-0.15, -0.1) is 10.2 Å². The highest BCUT2D eigenvalue weighted by Gasteiger charge is 2.12. The molecule has 0 amide bonds. The molecule has 292 valence electrons. The van der Waals surface area contributed by atoms with Crippen LogP contribution in [0.25, 0.3) is 11.4 Å². The minimum atomic E-state index is -0.210. The maximum absolute atomic E-state index is 12.4. The van der Waals surface area contributed by atoms with E-state index in [4.69, 9.17) is 0 Å². The summed E-state index contributed by atoms with van der Waals surface area (Å²) in [5.41, 5.74) is 4.56. The molecule has 0 aliphatic rings. The van der Waals surface area contributed by atoms with Crippen LogP contribution in [0.15, 0.2) is 151 Å². The number of hydrogen-bond donors (Lipinski definition) is 2. The molecular formula is C44H64N8O2. The van der Waals surface area contributed by atoms with E-state index in [0.29, 0.717) is 34.1 Å². The van der Waals surface area contributed by atoms with Gasteiger partial charge in [-0.2, -0.15) is 10.2 Å². The summed E-state index contributed by atoms with van der Waals surface area (Å²) in [6.45, 7) is 27.6. The Balaban J connectivity index is 0. The lowest BCUT2D eigenvalue weighted by molar-refractivity contribution is 0.835. The number of nitrogens with zero attached hydrogens (tertiary/aromatic N) is 6. The van der Waals surface area contributed by atoms with Crippen LogP contribution in [0.5, 0.6) is 0 Å². The predicted octanol–water partition coefficient (Wildman–Crippen LogP) is 13.9. The zero-order chi connectivity index (χ0) is 41.3. The fourth-order valence-corrected chi connectivity index (χ4v) is 4.03. The standard InChI is InChI=1S/2C16H14N4O.6C2H6/c2*1-12-15(18-17-13-8-4-2-5-9-13)16(21)20(19-12)14-10-6-3-7-11-14;6*1-2/h2*2-11,19H,1H3;6*1-2H3. The molecule has 0 bridgehead atoms. The molecule has 0 atom stereocenters. The van der Waals surface area contributed by atoms with Crippen molar-refractivity contribution in [3.63, 3.8) is 0 Å². The average molecular weight is 737 g/mol. The molecule has 10 heteroatoms. The van der Waals surface area contributed by atoms with Crippen LogP contribution in [0.2, 0.25) is 0 Å². The molecule has 2 N–H and O–H groups in total. The molecule has 2 heterocycles. The fourth-order valence-electron chi connectivity index (χ4n) is 4.03. The van der Waals surface area contributed by atoms with Crippen molar-refractivity contribution in [3.8, 4) is 11.4 Å². The molecule has 0 unspecified atom stereocenters. The quantitative estimate of drug-likeness (QED) is 0.165. The molecule has 10 nitrogen and oxygen atoms in total. The van der Waals surface area contributed by atoms with Gasteiger partial charge in [-0.1, -0.05) is 156 Å². The lowest BCUT2D eigenvalue weighted by atomic mass is 10.3. The van der Waals surface area contributed by atoms with Gasteiger partial charge in [-0.3, -0.25) is 19.8 Å². The third kappa shape index (κ3) is 16.2. The topological polar surface area (TPSA) is 125 Å². The van der Waals surface area contributed by atoms with Gasteiger partial charge in [0.05, 0.1) is 34.1 Å². The van der Waals surface area contributed by atoms with Crippen LogP contribution >= 0.6 is 0 Å². The number of nitrogens with one attached hydrogen (secondary N) is 2. The Labute approximate surface area is 323 Å². The van der Waals surface area contributed by atoms with Crippen LogP contribution in [-0.2, 0) is 0 Å². The number of H-pyrrole nitrogens is 2. The first-order chi connectivity index (χ1) is 26.5. The number of benzene rings is 4. The summed E-state index contributed by atoms with van der Waals surface area (Å²) in [5.74, 6) is 0. The summed E-state index contributed by atoms with van der Waals surface area (Å²) >= 11 is 0. The number of rotatable bonds is 6. The third-order valence-corrected chi connectivity index (χ3v) is 6.15. The normalized spacial score (nSPS) is 9.30. The van der Waals surface area contributed by atoms with Gasteiger partial charge in [0.1, 0.15) is 0 Å². The summed E-state index contributed by atoms with van der Waals surface area (Å²) in [6.07, 6.45) is 0. The molecule has 0 radical (unpaired) electrons. The van der Waals surface area contributed by atoms with E-state index >= 15 is 0 Å². The lowest BCUT2D eigenvalue weighted by Crippen LogP contribution is -2.13. The molecule has 54 heavy (non-hydrogen) atoms. The SMILES string of the molecule is CC.CC.CC.CC.CC.CC.Cc1[nH]n(-c2ccccc2)c(=O)c1N=Nc1ccccc1.Cc1[nH]n(-c2ccccc2)c(=O)c1N=Nc1ccccc1. The van der Waals surface area contributed by atoms with E-state index in [1.54, 1.807) is 13.8 Å². The first-order valence-corrected chi connectivity index (χ1v) is 19.2. The van der Waals surface area contributed by atoms with Gasteiger partial charge in [-0.05, 0) is 62.4 Å². The van der Waals surface area contributed by atoms with E-state index in [1.807, 2.05) is 204 Å². The van der Waals surface area contributed by atoms with Crippen molar-refractivity contribution in [3.05, 3.63) is 153 Å². The molecule has 4 aromatic carbocycles. The van der Waals surface area contributed by atoms with Crippen molar-refractivity contribution in [2.75, 3.05) is 0 Å². The molecule has 2 aromatic heterocycles. The molecule has 0 saturated heterocycles. The van der Waals surface area contributed by atoms with Crippen LogP contribution in [0, 0.1) is 13.8 Å². The Hall–Kier alpha value is -5.90. The van der Waals surface area contributed by atoms with E-state index in [2.05, 4.69) is 30.7 Å². The van der Waals surface area contributed by atoms with E-state index < -0.39 is 0 Å². The first kappa shape index (κ1) is 50.2. The number of aromatic nitrogens is 4. The second-order valence-corrected chi connectivity index (χ2v) is 9.19. The van der Waals surface area contributed by atoms with Gasteiger partial charge >= 0.3 is 0 Å². The van der Waals surface area contributed by atoms with Gasteiger partial charge in [0.2, 0.25) is 0 Å². The summed E-state index contributed by atoms with van der Waals surface area (Å²) in [4.78, 5) is 24.8. The third-order valence-electron chi connectivity index (χ3n) is 6.15. The second-order valence-electron chi connectivity index (χ2n) is 9.19. The predicted molar refractivity (Wildman–Crippen MR) is 232 cm³/mol. The Morgan fingerprint density at radius 2 is 0.611 bits per heavy atom. The molecule has 6 aromatic rings. The minimum absolute atomic E-state index is 0.210. The summed E-state index contributed by atoms with van der Waals surface area (Å²) in [5, 5.41) is 22.4. The minimum Gasteiger partial charge on any atom is -0.293 e. The monoisotopic (exact) mass is 737 g/mol.